The van der Waals surface area contributed by atoms with Crippen molar-refractivity contribution in [3.63, 3.8) is 0 Å². The zero-order valence-electron chi connectivity index (χ0n) is 9.61. The molecule has 0 aromatic carbocycles. The normalized spacial score (nSPS) is 20.0. The van der Waals surface area contributed by atoms with Gasteiger partial charge in [0, 0.05) is 6.61 Å². The number of halogens is 1. The first-order valence-electron chi connectivity index (χ1n) is 5.58. The van der Waals surface area contributed by atoms with Crippen LogP contribution in [0, 0.1) is 0 Å². The van der Waals surface area contributed by atoms with E-state index >= 15 is 0 Å². The van der Waals surface area contributed by atoms with E-state index in [-0.39, 0.29) is 16.8 Å². The highest BCUT2D eigenvalue weighted by atomic mass is 35.5. The highest BCUT2D eigenvalue weighted by Crippen LogP contribution is 2.28. The van der Waals surface area contributed by atoms with Crippen molar-refractivity contribution < 1.29 is 14.3 Å². The van der Waals surface area contributed by atoms with Crippen molar-refractivity contribution in [3.05, 3.63) is 28.5 Å². The highest BCUT2D eigenvalue weighted by molar-refractivity contribution is 6.32. The maximum Gasteiger partial charge on any atom is 0.341 e. The van der Waals surface area contributed by atoms with Crippen LogP contribution in [0.3, 0.4) is 0 Å². The van der Waals surface area contributed by atoms with Gasteiger partial charge < -0.3 is 9.47 Å². The second-order valence-electron chi connectivity index (χ2n) is 3.92. The van der Waals surface area contributed by atoms with Crippen LogP contribution in [0.5, 0.6) is 0 Å². The van der Waals surface area contributed by atoms with Gasteiger partial charge in [0.1, 0.15) is 5.15 Å². The number of esters is 1. The summed E-state index contributed by atoms with van der Waals surface area (Å²) in [7, 11) is 1.32. The van der Waals surface area contributed by atoms with Crippen LogP contribution in [-0.2, 0) is 9.47 Å². The van der Waals surface area contributed by atoms with Gasteiger partial charge in [-0.1, -0.05) is 11.6 Å². The standard InChI is InChI=1S/C12H14ClNO3/c1-16-12(15)8-5-6-9(14-11(8)13)10-4-2-3-7-17-10/h5-6,10H,2-4,7H2,1H3. The molecule has 1 saturated heterocycles. The molecule has 1 aromatic rings. The second kappa shape index (κ2) is 5.47. The van der Waals surface area contributed by atoms with Crippen molar-refractivity contribution in [3.8, 4) is 0 Å². The summed E-state index contributed by atoms with van der Waals surface area (Å²) in [5, 5.41) is 0.170. The molecule has 1 fully saturated rings. The number of carbonyl (C=O) groups is 1. The van der Waals surface area contributed by atoms with E-state index in [0.29, 0.717) is 0 Å². The predicted molar refractivity (Wildman–Crippen MR) is 63.1 cm³/mol. The molecule has 0 N–H and O–H groups in total. The molecule has 0 spiro atoms. The summed E-state index contributed by atoms with van der Waals surface area (Å²) >= 11 is 5.95. The summed E-state index contributed by atoms with van der Waals surface area (Å²) < 4.78 is 10.2. The zero-order valence-corrected chi connectivity index (χ0v) is 10.4. The van der Waals surface area contributed by atoms with Gasteiger partial charge in [-0.15, -0.1) is 0 Å². The third-order valence-corrected chi connectivity index (χ3v) is 3.07. The maximum atomic E-state index is 11.3. The molecule has 1 aromatic heterocycles. The van der Waals surface area contributed by atoms with Gasteiger partial charge in [0.05, 0.1) is 24.5 Å². The van der Waals surface area contributed by atoms with Crippen LogP contribution >= 0.6 is 11.6 Å². The van der Waals surface area contributed by atoms with Crippen LogP contribution in [0.4, 0.5) is 0 Å². The number of methoxy groups -OCH3 is 1. The van der Waals surface area contributed by atoms with E-state index in [0.717, 1.165) is 31.6 Å². The van der Waals surface area contributed by atoms with Crippen LogP contribution in [0.1, 0.15) is 41.4 Å². The number of rotatable bonds is 2. The maximum absolute atomic E-state index is 11.3. The molecule has 0 radical (unpaired) electrons. The number of ether oxygens (including phenoxy) is 2. The van der Waals surface area contributed by atoms with Crippen LogP contribution in [0.25, 0.3) is 0 Å². The molecule has 1 aliphatic rings. The number of hydrogen-bond donors (Lipinski definition) is 0. The molecule has 92 valence electrons. The Morgan fingerprint density at radius 3 is 2.94 bits per heavy atom. The summed E-state index contributed by atoms with van der Waals surface area (Å²) in [5.74, 6) is -0.474. The first kappa shape index (κ1) is 12.3. The molecule has 1 unspecified atom stereocenters. The number of nitrogens with zero attached hydrogens (tertiary/aromatic N) is 1. The molecule has 5 heteroatoms. The Hall–Kier alpha value is -1.13. The van der Waals surface area contributed by atoms with Crippen molar-refractivity contribution in [2.75, 3.05) is 13.7 Å². The Labute approximate surface area is 105 Å². The summed E-state index contributed by atoms with van der Waals surface area (Å²) in [6, 6.07) is 3.41. The van der Waals surface area contributed by atoms with E-state index in [2.05, 4.69) is 9.72 Å². The SMILES string of the molecule is COC(=O)c1ccc(C2CCCCO2)nc1Cl. The fraction of sp³-hybridized carbons (Fsp3) is 0.500. The molecule has 17 heavy (non-hydrogen) atoms. The van der Waals surface area contributed by atoms with Crippen molar-refractivity contribution in [1.82, 2.24) is 4.98 Å². The zero-order chi connectivity index (χ0) is 12.3. The van der Waals surface area contributed by atoms with Gasteiger partial charge in [-0.05, 0) is 31.4 Å². The van der Waals surface area contributed by atoms with Crippen molar-refractivity contribution in [2.24, 2.45) is 0 Å². The number of carbonyl (C=O) groups excluding carboxylic acids is 1. The molecule has 1 aliphatic heterocycles. The van der Waals surface area contributed by atoms with Gasteiger partial charge in [0.25, 0.3) is 0 Å². The second-order valence-corrected chi connectivity index (χ2v) is 4.28. The summed E-state index contributed by atoms with van der Waals surface area (Å²) in [6.45, 7) is 0.753. The average Bonchev–Trinajstić information content (AvgIpc) is 2.39. The number of hydrogen-bond acceptors (Lipinski definition) is 4. The molecular weight excluding hydrogens is 242 g/mol. The largest absolute Gasteiger partial charge is 0.465 e. The van der Waals surface area contributed by atoms with E-state index in [1.807, 2.05) is 0 Å². The van der Waals surface area contributed by atoms with E-state index in [9.17, 15) is 4.79 Å². The lowest BCUT2D eigenvalue weighted by molar-refractivity contribution is 0.0123. The molecule has 0 amide bonds. The first-order valence-corrected chi connectivity index (χ1v) is 5.96. The van der Waals surface area contributed by atoms with Gasteiger partial charge in [-0.25, -0.2) is 9.78 Å². The number of pyridine rings is 1. The Kier molecular flexibility index (Phi) is 3.97. The van der Waals surface area contributed by atoms with Gasteiger partial charge >= 0.3 is 5.97 Å². The average molecular weight is 256 g/mol. The Morgan fingerprint density at radius 2 is 2.35 bits per heavy atom. The van der Waals surface area contributed by atoms with E-state index in [1.54, 1.807) is 12.1 Å². The van der Waals surface area contributed by atoms with Gasteiger partial charge in [-0.2, -0.15) is 0 Å². The smallest absolute Gasteiger partial charge is 0.341 e. The molecule has 0 bridgehead atoms. The van der Waals surface area contributed by atoms with E-state index < -0.39 is 5.97 Å². The lowest BCUT2D eigenvalue weighted by atomic mass is 10.1. The fourth-order valence-electron chi connectivity index (χ4n) is 1.86. The van der Waals surface area contributed by atoms with Gasteiger partial charge in [0.2, 0.25) is 0 Å². The van der Waals surface area contributed by atoms with Crippen LogP contribution in [-0.4, -0.2) is 24.7 Å². The predicted octanol–water partition coefficient (Wildman–Crippen LogP) is 2.76. The Morgan fingerprint density at radius 1 is 1.53 bits per heavy atom. The van der Waals surface area contributed by atoms with Crippen molar-refractivity contribution in [1.29, 1.82) is 0 Å². The fourth-order valence-corrected chi connectivity index (χ4v) is 2.10. The Bertz CT molecular complexity index is 416. The van der Waals surface area contributed by atoms with Crippen molar-refractivity contribution >= 4 is 17.6 Å². The minimum atomic E-state index is -0.474. The summed E-state index contributed by atoms with van der Waals surface area (Å²) in [4.78, 5) is 15.5. The third kappa shape index (κ3) is 2.76. The lowest BCUT2D eigenvalue weighted by Crippen LogP contribution is -2.14. The molecular formula is C12H14ClNO3. The monoisotopic (exact) mass is 255 g/mol. The van der Waals surface area contributed by atoms with Gasteiger partial charge in [0.15, 0.2) is 0 Å². The third-order valence-electron chi connectivity index (χ3n) is 2.79. The molecule has 4 nitrogen and oxygen atoms in total. The molecule has 0 saturated carbocycles. The quantitative estimate of drug-likeness (QED) is 0.602. The van der Waals surface area contributed by atoms with Crippen molar-refractivity contribution in [2.45, 2.75) is 25.4 Å². The van der Waals surface area contributed by atoms with Crippen LogP contribution in [0.15, 0.2) is 12.1 Å². The van der Waals surface area contributed by atoms with E-state index in [4.69, 9.17) is 16.3 Å². The number of aromatic nitrogens is 1. The Balaban J connectivity index is 2.20. The lowest BCUT2D eigenvalue weighted by Gasteiger charge is -2.22. The minimum Gasteiger partial charge on any atom is -0.465 e. The van der Waals surface area contributed by atoms with Crippen LogP contribution in [0.2, 0.25) is 5.15 Å². The molecule has 1 atom stereocenters. The first-order chi connectivity index (χ1) is 8.22. The highest BCUT2D eigenvalue weighted by Gasteiger charge is 2.20. The van der Waals surface area contributed by atoms with Gasteiger partial charge in [-0.3, -0.25) is 0 Å². The minimum absolute atomic E-state index is 0.00653. The molecule has 0 aliphatic carbocycles. The summed E-state index contributed by atoms with van der Waals surface area (Å²) in [6.07, 6.45) is 3.15. The van der Waals surface area contributed by atoms with Crippen LogP contribution < -0.4 is 0 Å². The molecule has 2 rings (SSSR count). The summed E-state index contributed by atoms with van der Waals surface area (Å²) in [5.41, 5.74) is 1.07. The van der Waals surface area contributed by atoms with E-state index in [1.165, 1.54) is 7.11 Å². The molecule has 2 heterocycles. The topological polar surface area (TPSA) is 48.4 Å².